The van der Waals surface area contributed by atoms with Crippen LogP contribution in [0.25, 0.3) is 22.1 Å². The van der Waals surface area contributed by atoms with Crippen LogP contribution in [-0.4, -0.2) is 129 Å². The van der Waals surface area contributed by atoms with E-state index in [9.17, 15) is 33.9 Å². The lowest BCUT2D eigenvalue weighted by molar-refractivity contribution is -0.138. The lowest BCUT2D eigenvalue weighted by atomic mass is 9.92. The van der Waals surface area contributed by atoms with Gasteiger partial charge in [0.2, 0.25) is 29.6 Å². The zero-order chi connectivity index (χ0) is 52.1. The van der Waals surface area contributed by atoms with Gasteiger partial charge >= 0.3 is 6.09 Å². The normalized spacial score (nSPS) is 14.4. The average Bonchev–Trinajstić information content (AvgIpc) is 4.15. The van der Waals surface area contributed by atoms with Crippen molar-refractivity contribution in [1.29, 1.82) is 0 Å². The van der Waals surface area contributed by atoms with Gasteiger partial charge in [-0.25, -0.2) is 14.8 Å². The Labute approximate surface area is 419 Å². The molecule has 382 valence electrons. The molecule has 0 unspecified atom stereocenters. The maximum Gasteiger partial charge on any atom is 0.407 e. The predicted molar refractivity (Wildman–Crippen MR) is 268 cm³/mol. The summed E-state index contributed by atoms with van der Waals surface area (Å²) in [4.78, 5) is 90.0. The molecule has 2 aliphatic heterocycles. The number of carboxylic acid groups (broad SMARTS) is 1. The van der Waals surface area contributed by atoms with E-state index >= 15 is 0 Å². The maximum absolute atomic E-state index is 13.9. The first-order chi connectivity index (χ1) is 35.1. The van der Waals surface area contributed by atoms with Crippen molar-refractivity contribution in [2.45, 2.75) is 79.6 Å². The molecule has 0 bridgehead atoms. The van der Waals surface area contributed by atoms with Gasteiger partial charge in [0.1, 0.15) is 40.5 Å². The highest BCUT2D eigenvalue weighted by molar-refractivity contribution is 6.05. The summed E-state index contributed by atoms with van der Waals surface area (Å²) in [5.74, 6) is 4.72. The number of hydrogen-bond acceptors (Lipinski definition) is 12. The van der Waals surface area contributed by atoms with E-state index in [0.29, 0.717) is 110 Å². The van der Waals surface area contributed by atoms with Gasteiger partial charge in [-0.3, -0.25) is 44.0 Å². The number of likely N-dealkylation sites (tertiary alicyclic amines) is 2. The van der Waals surface area contributed by atoms with Gasteiger partial charge in [-0.1, -0.05) is 24.0 Å². The monoisotopic (exact) mass is 998 g/mol. The zero-order valence-corrected chi connectivity index (χ0v) is 41.3. The number of imidazole rings is 2. The smallest absolute Gasteiger partial charge is 0.407 e. The van der Waals surface area contributed by atoms with E-state index in [2.05, 4.69) is 32.7 Å². The van der Waals surface area contributed by atoms with Gasteiger partial charge in [-0.2, -0.15) is 10.2 Å². The van der Waals surface area contributed by atoms with Gasteiger partial charge in [0.15, 0.2) is 0 Å². The second kappa shape index (κ2) is 21.8. The largest absolute Gasteiger partial charge is 0.494 e. The Morgan fingerprint density at radius 3 is 1.66 bits per heavy atom. The first-order valence-electron chi connectivity index (χ1n) is 24.0. The van der Waals surface area contributed by atoms with E-state index in [0.717, 1.165) is 0 Å². The van der Waals surface area contributed by atoms with Gasteiger partial charge in [0.25, 0.3) is 11.8 Å². The number of benzene rings is 2. The number of methoxy groups -OCH3 is 1. The quantitative estimate of drug-likeness (QED) is 0.0664. The van der Waals surface area contributed by atoms with Gasteiger partial charge in [0.05, 0.1) is 29.5 Å². The van der Waals surface area contributed by atoms with Crippen molar-refractivity contribution in [2.24, 2.45) is 23.3 Å². The third kappa shape index (κ3) is 11.0. The summed E-state index contributed by atoms with van der Waals surface area (Å²) in [7, 11) is 1.45. The minimum absolute atomic E-state index is 0.00632. The number of aromatic nitrogens is 8. The van der Waals surface area contributed by atoms with E-state index in [1.807, 2.05) is 30.9 Å². The molecule has 4 aromatic heterocycles. The number of aryl methyl sites for hydroxylation is 4. The molecular weight excluding hydrogens is 941 g/mol. The molecule has 8 rings (SSSR count). The summed E-state index contributed by atoms with van der Waals surface area (Å²) in [6.45, 7) is 10.1. The highest BCUT2D eigenvalue weighted by atomic mass is 16.5. The number of piperidine rings is 2. The van der Waals surface area contributed by atoms with Crippen molar-refractivity contribution in [1.82, 2.24) is 48.5 Å². The first kappa shape index (κ1) is 50.7. The Morgan fingerprint density at radius 1 is 0.712 bits per heavy atom. The highest BCUT2D eigenvalue weighted by Crippen LogP contribution is 2.33. The van der Waals surface area contributed by atoms with Crippen molar-refractivity contribution >= 4 is 69.6 Å². The number of nitrogens with zero attached hydrogens (tertiary/aromatic N) is 10. The van der Waals surface area contributed by atoms with Gasteiger partial charge < -0.3 is 45.0 Å². The SMILES string of the molecule is CCn1nc(C)cc1C(=O)Nc1nc2cc(C(N)=O)cc(OC)c2n1CC=CCn1c(NC(=O)c2cc(C)nn2CC)nc2cc(C(N)=O)cc(OCC#CC3CCN(C(=O)C4CCN(C(=O)O)CC4)CC3)c21. The molecule has 6 aromatic rings. The Balaban J connectivity index is 1.08. The standard InChI is InChI=1S/C50H58N14O9/c1-6-63-37(23-29(3)57-63)45(67)55-48-53-35-25-33(43(51)65)27-39(72-5)41(35)61(48)16-8-9-17-62-42-36(54-49(62)56-46(68)38-24-30(4)58-64(38)7-2)26-34(44(52)66)28-40(42)73-22-10-11-31-12-18-59(19-13-31)47(69)32-14-20-60(21-15-32)50(70)71/h8-9,23-28,31-32H,6-7,12-22H2,1-5H3,(H2,51,65)(H2,52,66)(H,70,71)(H,53,55,67)(H,54,56,68). The number of primary amides is 2. The van der Waals surface area contributed by atoms with Crippen LogP contribution < -0.4 is 31.6 Å². The molecule has 6 heterocycles. The molecule has 2 aliphatic rings. The minimum Gasteiger partial charge on any atom is -0.494 e. The van der Waals surface area contributed by atoms with Crippen LogP contribution in [0.2, 0.25) is 0 Å². The number of allylic oxidation sites excluding steroid dienone is 2. The molecule has 2 aromatic carbocycles. The minimum atomic E-state index is -0.965. The van der Waals surface area contributed by atoms with Crippen LogP contribution in [-0.2, 0) is 31.0 Å². The van der Waals surface area contributed by atoms with Gasteiger partial charge in [0, 0.05) is 75.3 Å². The lowest BCUT2D eigenvalue weighted by Crippen LogP contribution is -2.46. The maximum atomic E-state index is 13.9. The molecule has 2 fully saturated rings. The number of anilines is 2. The molecule has 23 nitrogen and oxygen atoms in total. The Bertz CT molecular complexity index is 3230. The molecule has 0 spiro atoms. The van der Waals surface area contributed by atoms with Crippen LogP contribution in [0.3, 0.4) is 0 Å². The number of carbonyl (C=O) groups excluding carboxylic acids is 5. The Morgan fingerprint density at radius 2 is 1.19 bits per heavy atom. The fourth-order valence-corrected chi connectivity index (χ4v) is 9.31. The Hall–Kier alpha value is -8.68. The molecule has 0 saturated carbocycles. The third-order valence-corrected chi connectivity index (χ3v) is 13.0. The molecule has 2 saturated heterocycles. The van der Waals surface area contributed by atoms with Gasteiger partial charge in [-0.05, 0) is 89.8 Å². The number of amides is 6. The summed E-state index contributed by atoms with van der Waals surface area (Å²) in [6.07, 6.45) is 5.02. The number of nitrogens with one attached hydrogen (secondary N) is 2. The molecule has 0 atom stereocenters. The second-order valence-corrected chi connectivity index (χ2v) is 17.8. The summed E-state index contributed by atoms with van der Waals surface area (Å²) >= 11 is 0. The van der Waals surface area contributed by atoms with Crippen molar-refractivity contribution in [3.05, 3.63) is 82.5 Å². The van der Waals surface area contributed by atoms with Crippen LogP contribution >= 0.6 is 0 Å². The predicted octanol–water partition coefficient (Wildman–Crippen LogP) is 4.41. The highest BCUT2D eigenvalue weighted by Gasteiger charge is 2.32. The molecule has 0 aliphatic carbocycles. The van der Waals surface area contributed by atoms with E-state index in [-0.39, 0.29) is 72.0 Å². The molecule has 7 N–H and O–H groups in total. The topological polar surface area (TPSA) is 295 Å². The molecule has 0 radical (unpaired) electrons. The second-order valence-electron chi connectivity index (χ2n) is 17.8. The van der Waals surface area contributed by atoms with Crippen molar-refractivity contribution < 1.29 is 43.3 Å². The lowest BCUT2D eigenvalue weighted by Gasteiger charge is -2.35. The third-order valence-electron chi connectivity index (χ3n) is 13.0. The van der Waals surface area contributed by atoms with Crippen LogP contribution in [0.5, 0.6) is 11.5 Å². The van der Waals surface area contributed by atoms with Crippen molar-refractivity contribution in [3.8, 4) is 23.3 Å². The number of rotatable bonds is 16. The van der Waals surface area contributed by atoms with Crippen LogP contribution in [0.4, 0.5) is 16.7 Å². The van der Waals surface area contributed by atoms with Crippen LogP contribution in [0, 0.1) is 37.5 Å². The number of nitrogens with two attached hydrogens (primary N) is 2. The average molecular weight is 999 g/mol. The van der Waals surface area contributed by atoms with Crippen LogP contribution in [0.1, 0.15) is 92.6 Å². The zero-order valence-electron chi connectivity index (χ0n) is 41.3. The van der Waals surface area contributed by atoms with E-state index < -0.39 is 29.7 Å². The number of ether oxygens (including phenoxy) is 2. The Kier molecular flexibility index (Phi) is 15.1. The van der Waals surface area contributed by atoms with E-state index in [1.165, 1.54) is 36.3 Å². The van der Waals surface area contributed by atoms with Gasteiger partial charge in [-0.15, -0.1) is 0 Å². The summed E-state index contributed by atoms with van der Waals surface area (Å²) < 4.78 is 18.6. The summed E-state index contributed by atoms with van der Waals surface area (Å²) in [6, 6.07) is 9.38. The van der Waals surface area contributed by atoms with Crippen molar-refractivity contribution in [3.63, 3.8) is 0 Å². The van der Waals surface area contributed by atoms with Crippen LogP contribution in [0.15, 0.2) is 48.6 Å². The molecule has 6 amide bonds. The molecule has 23 heteroatoms. The van der Waals surface area contributed by atoms with E-state index in [4.69, 9.17) is 30.9 Å². The van der Waals surface area contributed by atoms with Crippen molar-refractivity contribution in [2.75, 3.05) is 50.5 Å². The van der Waals surface area contributed by atoms with E-state index in [1.54, 1.807) is 44.5 Å². The summed E-state index contributed by atoms with van der Waals surface area (Å²) in [5.41, 5.74) is 15.2. The fraction of sp³-hybridized carbons (Fsp3) is 0.400. The molecule has 73 heavy (non-hydrogen) atoms. The number of fused-ring (bicyclic) bond motifs is 2. The first-order valence-corrected chi connectivity index (χ1v) is 24.0. The number of carbonyl (C=O) groups is 6. The molecular formula is C50H58N14O9. The number of hydrogen-bond donors (Lipinski definition) is 5. The summed E-state index contributed by atoms with van der Waals surface area (Å²) in [5, 5.41) is 24.0. The fourth-order valence-electron chi connectivity index (χ4n) is 9.31.